The number of methoxy groups -OCH3 is 2. The molecule has 1 aromatic carbocycles. The van der Waals surface area contributed by atoms with E-state index in [-0.39, 0.29) is 24.0 Å². The van der Waals surface area contributed by atoms with E-state index in [1.807, 2.05) is 25.2 Å². The molecule has 2 rings (SSSR count). The molecule has 0 aliphatic carbocycles. The maximum absolute atomic E-state index is 5.45. The molecule has 0 radical (unpaired) electrons. The van der Waals surface area contributed by atoms with Gasteiger partial charge in [0.25, 0.3) is 0 Å². The van der Waals surface area contributed by atoms with Crippen molar-refractivity contribution in [2.75, 3.05) is 61.1 Å². The minimum absolute atomic E-state index is 0. The van der Waals surface area contributed by atoms with Gasteiger partial charge in [-0.15, -0.1) is 24.0 Å². The van der Waals surface area contributed by atoms with Gasteiger partial charge in [0.2, 0.25) is 0 Å². The maximum atomic E-state index is 5.45. The summed E-state index contributed by atoms with van der Waals surface area (Å²) in [7, 11) is 7.39. The monoisotopic (exact) mass is 490 g/mol. The summed E-state index contributed by atoms with van der Waals surface area (Å²) < 4.78 is 10.6. The smallest absolute Gasteiger partial charge is 0.193 e. The van der Waals surface area contributed by atoms with Crippen LogP contribution in [0, 0.1) is 5.92 Å². The largest absolute Gasteiger partial charge is 0.496 e. The summed E-state index contributed by atoms with van der Waals surface area (Å²) in [6.07, 6.45) is 2.45. The van der Waals surface area contributed by atoms with Gasteiger partial charge in [-0.2, -0.15) is 0 Å². The minimum Gasteiger partial charge on any atom is -0.496 e. The topological polar surface area (TPSA) is 49.3 Å². The van der Waals surface area contributed by atoms with Crippen molar-refractivity contribution in [1.82, 2.24) is 15.1 Å². The van der Waals surface area contributed by atoms with Crippen molar-refractivity contribution in [1.29, 1.82) is 0 Å². The fourth-order valence-corrected chi connectivity index (χ4v) is 3.42. The van der Waals surface area contributed by atoms with Gasteiger partial charge in [-0.1, -0.05) is 18.2 Å². The number of aliphatic imine (C=N–C) groups is 1. The SMILES string of the molecule is CN=C(NCC1CCN(CCOC)CC1)N(C)Cc1ccccc1OC.I. The van der Waals surface area contributed by atoms with Gasteiger partial charge in [-0.3, -0.25) is 4.99 Å². The van der Waals surface area contributed by atoms with Gasteiger partial charge < -0.3 is 24.6 Å². The summed E-state index contributed by atoms with van der Waals surface area (Å²) in [5.41, 5.74) is 1.16. The normalized spacial score (nSPS) is 15.9. The Morgan fingerprint density at radius 2 is 1.96 bits per heavy atom. The van der Waals surface area contributed by atoms with Crippen molar-refractivity contribution >= 4 is 29.9 Å². The number of nitrogens with one attached hydrogen (secondary N) is 1. The molecule has 1 saturated heterocycles. The number of ether oxygens (including phenoxy) is 2. The van der Waals surface area contributed by atoms with E-state index in [1.54, 1.807) is 14.2 Å². The Morgan fingerprint density at radius 1 is 1.26 bits per heavy atom. The summed E-state index contributed by atoms with van der Waals surface area (Å²) >= 11 is 0. The second kappa shape index (κ2) is 13.2. The number of rotatable bonds is 8. The summed E-state index contributed by atoms with van der Waals surface area (Å²) in [4.78, 5) is 9.08. The molecule has 0 aromatic heterocycles. The maximum Gasteiger partial charge on any atom is 0.193 e. The van der Waals surface area contributed by atoms with Crippen LogP contribution in [0.5, 0.6) is 5.75 Å². The number of guanidine groups is 1. The highest BCUT2D eigenvalue weighted by Crippen LogP contribution is 2.19. The third-order valence-electron chi connectivity index (χ3n) is 5.04. The van der Waals surface area contributed by atoms with E-state index in [2.05, 4.69) is 33.2 Å². The molecule has 0 bridgehead atoms. The van der Waals surface area contributed by atoms with Crippen LogP contribution < -0.4 is 10.1 Å². The quantitative estimate of drug-likeness (QED) is 0.345. The first-order valence-electron chi connectivity index (χ1n) is 9.43. The van der Waals surface area contributed by atoms with Crippen molar-refractivity contribution < 1.29 is 9.47 Å². The third-order valence-corrected chi connectivity index (χ3v) is 5.04. The lowest BCUT2D eigenvalue weighted by Gasteiger charge is -2.32. The van der Waals surface area contributed by atoms with Crippen molar-refractivity contribution in [3.63, 3.8) is 0 Å². The molecular formula is C20H35IN4O2. The summed E-state index contributed by atoms with van der Waals surface area (Å²) in [5.74, 6) is 2.54. The van der Waals surface area contributed by atoms with Crippen LogP contribution in [0.2, 0.25) is 0 Å². The van der Waals surface area contributed by atoms with Gasteiger partial charge in [-0.05, 0) is 37.9 Å². The van der Waals surface area contributed by atoms with Gasteiger partial charge >= 0.3 is 0 Å². The predicted octanol–water partition coefficient (Wildman–Crippen LogP) is 2.68. The number of para-hydroxylation sites is 1. The van der Waals surface area contributed by atoms with E-state index < -0.39 is 0 Å². The molecule has 0 atom stereocenters. The fraction of sp³-hybridized carbons (Fsp3) is 0.650. The molecule has 1 heterocycles. The van der Waals surface area contributed by atoms with Crippen LogP contribution in [0.4, 0.5) is 0 Å². The van der Waals surface area contributed by atoms with E-state index in [0.717, 1.165) is 56.6 Å². The van der Waals surface area contributed by atoms with Crippen molar-refractivity contribution in [2.45, 2.75) is 19.4 Å². The van der Waals surface area contributed by atoms with Crippen LogP contribution in [0.3, 0.4) is 0 Å². The highest BCUT2D eigenvalue weighted by atomic mass is 127. The molecule has 0 saturated carbocycles. The molecule has 1 aliphatic heterocycles. The van der Waals surface area contributed by atoms with Gasteiger partial charge in [0.05, 0.1) is 13.7 Å². The fourth-order valence-electron chi connectivity index (χ4n) is 3.42. The summed E-state index contributed by atoms with van der Waals surface area (Å²) in [6.45, 7) is 5.92. The molecule has 0 amide bonds. The van der Waals surface area contributed by atoms with Gasteiger partial charge in [0.1, 0.15) is 5.75 Å². The highest BCUT2D eigenvalue weighted by molar-refractivity contribution is 14.0. The van der Waals surface area contributed by atoms with E-state index in [0.29, 0.717) is 5.92 Å². The second-order valence-electron chi connectivity index (χ2n) is 6.87. The Bertz CT molecular complexity index is 563. The Morgan fingerprint density at radius 3 is 2.59 bits per heavy atom. The molecule has 6 nitrogen and oxygen atoms in total. The first-order valence-corrected chi connectivity index (χ1v) is 9.43. The zero-order valence-electron chi connectivity index (χ0n) is 17.1. The van der Waals surface area contributed by atoms with Gasteiger partial charge in [0.15, 0.2) is 5.96 Å². The predicted molar refractivity (Wildman–Crippen MR) is 122 cm³/mol. The standard InChI is InChI=1S/C20H34N4O2.HI/c1-21-20(23(2)16-18-7-5-6-8-19(18)26-4)22-15-17-9-11-24(12-10-17)13-14-25-3;/h5-8,17H,9-16H2,1-4H3,(H,21,22);1H. The average molecular weight is 490 g/mol. The summed E-state index contributed by atoms with van der Waals surface area (Å²) in [6, 6.07) is 8.13. The second-order valence-corrected chi connectivity index (χ2v) is 6.87. The minimum atomic E-state index is 0. The zero-order chi connectivity index (χ0) is 18.8. The van der Waals surface area contributed by atoms with Crippen LogP contribution in [0.1, 0.15) is 18.4 Å². The Balaban J connectivity index is 0.00000364. The first kappa shape index (κ1) is 24.0. The number of piperidine rings is 1. The van der Waals surface area contributed by atoms with Crippen molar-refractivity contribution in [3.8, 4) is 5.75 Å². The number of likely N-dealkylation sites (tertiary alicyclic amines) is 1. The molecule has 0 unspecified atom stereocenters. The molecule has 154 valence electrons. The first-order chi connectivity index (χ1) is 12.7. The molecule has 27 heavy (non-hydrogen) atoms. The zero-order valence-corrected chi connectivity index (χ0v) is 19.4. The molecule has 1 fully saturated rings. The Labute approximate surface area is 181 Å². The lowest BCUT2D eigenvalue weighted by molar-refractivity contribution is 0.120. The number of hydrogen-bond acceptors (Lipinski definition) is 4. The molecule has 0 spiro atoms. The average Bonchev–Trinajstić information content (AvgIpc) is 2.68. The molecule has 1 aliphatic rings. The Hall–Kier alpha value is -1.06. The van der Waals surface area contributed by atoms with Crippen LogP contribution >= 0.6 is 24.0 Å². The number of hydrogen-bond donors (Lipinski definition) is 1. The van der Waals surface area contributed by atoms with Crippen LogP contribution in [-0.2, 0) is 11.3 Å². The van der Waals surface area contributed by atoms with Crippen molar-refractivity contribution in [2.24, 2.45) is 10.9 Å². The van der Waals surface area contributed by atoms with E-state index in [9.17, 15) is 0 Å². The van der Waals surface area contributed by atoms with Crippen LogP contribution in [-0.4, -0.2) is 76.9 Å². The van der Waals surface area contributed by atoms with Gasteiger partial charge in [-0.25, -0.2) is 0 Å². The molecule has 1 aromatic rings. The molecule has 7 heteroatoms. The van der Waals surface area contributed by atoms with Crippen molar-refractivity contribution in [3.05, 3.63) is 29.8 Å². The van der Waals surface area contributed by atoms with E-state index in [1.165, 1.54) is 12.8 Å². The van der Waals surface area contributed by atoms with Crippen LogP contribution in [0.15, 0.2) is 29.3 Å². The highest BCUT2D eigenvalue weighted by Gasteiger charge is 2.19. The lowest BCUT2D eigenvalue weighted by atomic mass is 9.97. The van der Waals surface area contributed by atoms with Gasteiger partial charge in [0, 0.05) is 46.4 Å². The summed E-state index contributed by atoms with van der Waals surface area (Å²) in [5, 5.41) is 3.55. The number of benzene rings is 1. The molecule has 1 N–H and O–H groups in total. The van der Waals surface area contributed by atoms with Crippen LogP contribution in [0.25, 0.3) is 0 Å². The third kappa shape index (κ3) is 7.83. The molecular weight excluding hydrogens is 455 g/mol. The number of halogens is 1. The van der Waals surface area contributed by atoms with E-state index >= 15 is 0 Å². The van der Waals surface area contributed by atoms with E-state index in [4.69, 9.17) is 9.47 Å². The lowest BCUT2D eigenvalue weighted by Crippen LogP contribution is -2.43. The Kier molecular flexibility index (Phi) is 11.7. The number of nitrogens with zero attached hydrogens (tertiary/aromatic N) is 3.